The van der Waals surface area contributed by atoms with Crippen LogP contribution in [0.1, 0.15) is 18.1 Å². The standard InChI is InChI=1S/C15H25N3O3S/c1-12(10-21-3)18-15(16-2)17-9-13-5-7-14(8-6-13)11-22(4,19)20/h5-8,12H,9-11H2,1-4H3,(H2,16,17,18). The van der Waals surface area contributed by atoms with Crippen molar-refractivity contribution in [3.63, 3.8) is 0 Å². The maximum absolute atomic E-state index is 11.2. The molecule has 0 aliphatic carbocycles. The molecular formula is C15H25N3O3S. The van der Waals surface area contributed by atoms with Crippen LogP contribution in [-0.4, -0.2) is 47.4 Å². The van der Waals surface area contributed by atoms with E-state index in [1.54, 1.807) is 14.2 Å². The number of nitrogens with one attached hydrogen (secondary N) is 2. The van der Waals surface area contributed by atoms with Crippen LogP contribution in [0.3, 0.4) is 0 Å². The van der Waals surface area contributed by atoms with Crippen LogP contribution in [0, 0.1) is 0 Å². The third-order valence-electron chi connectivity index (χ3n) is 2.94. The Morgan fingerprint density at radius 1 is 1.27 bits per heavy atom. The molecule has 2 N–H and O–H groups in total. The van der Waals surface area contributed by atoms with E-state index in [9.17, 15) is 8.42 Å². The molecule has 0 aliphatic heterocycles. The zero-order chi connectivity index (χ0) is 16.6. The first-order chi connectivity index (χ1) is 10.3. The van der Waals surface area contributed by atoms with Crippen molar-refractivity contribution in [1.29, 1.82) is 0 Å². The topological polar surface area (TPSA) is 79.8 Å². The number of nitrogens with zero attached hydrogens (tertiary/aromatic N) is 1. The molecule has 0 radical (unpaired) electrons. The van der Waals surface area contributed by atoms with Gasteiger partial charge in [0.25, 0.3) is 0 Å². The van der Waals surface area contributed by atoms with Crippen LogP contribution in [0.5, 0.6) is 0 Å². The van der Waals surface area contributed by atoms with Crippen molar-refractivity contribution < 1.29 is 13.2 Å². The van der Waals surface area contributed by atoms with Crippen LogP contribution in [0.2, 0.25) is 0 Å². The van der Waals surface area contributed by atoms with Gasteiger partial charge in [-0.2, -0.15) is 0 Å². The summed E-state index contributed by atoms with van der Waals surface area (Å²) in [5.74, 6) is 0.767. The number of benzene rings is 1. The SMILES string of the molecule is CN=C(NCc1ccc(CS(C)(=O)=O)cc1)NC(C)COC. The van der Waals surface area contributed by atoms with E-state index >= 15 is 0 Å². The predicted octanol–water partition coefficient (Wildman–Crippen LogP) is 0.931. The first-order valence-electron chi connectivity index (χ1n) is 7.05. The van der Waals surface area contributed by atoms with Gasteiger partial charge in [-0.05, 0) is 18.1 Å². The number of ether oxygens (including phenoxy) is 1. The molecule has 7 heteroatoms. The van der Waals surface area contributed by atoms with Crippen molar-refractivity contribution in [3.8, 4) is 0 Å². The van der Waals surface area contributed by atoms with Crippen molar-refractivity contribution in [3.05, 3.63) is 35.4 Å². The molecule has 0 amide bonds. The highest BCUT2D eigenvalue weighted by molar-refractivity contribution is 7.89. The highest BCUT2D eigenvalue weighted by atomic mass is 32.2. The van der Waals surface area contributed by atoms with E-state index in [0.717, 1.165) is 11.1 Å². The Hall–Kier alpha value is -1.60. The molecule has 0 aromatic heterocycles. The number of rotatable bonds is 7. The maximum Gasteiger partial charge on any atom is 0.191 e. The van der Waals surface area contributed by atoms with Crippen LogP contribution >= 0.6 is 0 Å². The Morgan fingerprint density at radius 2 is 1.86 bits per heavy atom. The fourth-order valence-corrected chi connectivity index (χ4v) is 2.76. The highest BCUT2D eigenvalue weighted by Crippen LogP contribution is 2.07. The van der Waals surface area contributed by atoms with Crippen molar-refractivity contribution in [2.24, 2.45) is 4.99 Å². The minimum atomic E-state index is -3.00. The molecule has 1 aromatic carbocycles. The quantitative estimate of drug-likeness (QED) is 0.575. The van der Waals surface area contributed by atoms with Crippen LogP contribution in [0.25, 0.3) is 0 Å². The van der Waals surface area contributed by atoms with E-state index in [2.05, 4.69) is 15.6 Å². The largest absolute Gasteiger partial charge is 0.383 e. The minimum Gasteiger partial charge on any atom is -0.383 e. The minimum absolute atomic E-state index is 0.0679. The molecule has 0 saturated carbocycles. The lowest BCUT2D eigenvalue weighted by atomic mass is 10.1. The molecule has 0 fully saturated rings. The Morgan fingerprint density at radius 3 is 2.36 bits per heavy atom. The zero-order valence-corrected chi connectivity index (χ0v) is 14.4. The molecule has 0 aliphatic rings. The van der Waals surface area contributed by atoms with E-state index in [1.165, 1.54) is 6.26 Å². The summed E-state index contributed by atoms with van der Waals surface area (Å²) >= 11 is 0. The second kappa shape index (κ2) is 8.75. The lowest BCUT2D eigenvalue weighted by Crippen LogP contribution is -2.43. The Balaban J connectivity index is 2.53. The van der Waals surface area contributed by atoms with Gasteiger partial charge in [0.2, 0.25) is 0 Å². The Labute approximate surface area is 132 Å². The number of aliphatic imine (C=N–C) groups is 1. The summed E-state index contributed by atoms with van der Waals surface area (Å²) in [5, 5.41) is 6.42. The number of guanidine groups is 1. The molecule has 1 rings (SSSR count). The Kier molecular flexibility index (Phi) is 7.34. The molecule has 0 bridgehead atoms. The molecule has 6 nitrogen and oxygen atoms in total. The summed E-state index contributed by atoms with van der Waals surface area (Å²) in [7, 11) is 0.376. The van der Waals surface area contributed by atoms with Crippen LogP contribution in [-0.2, 0) is 26.9 Å². The monoisotopic (exact) mass is 327 g/mol. The van der Waals surface area contributed by atoms with E-state index in [0.29, 0.717) is 19.1 Å². The summed E-state index contributed by atoms with van der Waals surface area (Å²) in [5.41, 5.74) is 1.85. The van der Waals surface area contributed by atoms with Gasteiger partial charge in [-0.15, -0.1) is 0 Å². The summed E-state index contributed by atoms with van der Waals surface area (Å²) in [4.78, 5) is 4.15. The molecule has 1 aromatic rings. The first kappa shape index (κ1) is 18.4. The number of methoxy groups -OCH3 is 1. The van der Waals surface area contributed by atoms with Crippen LogP contribution in [0.4, 0.5) is 0 Å². The predicted molar refractivity (Wildman–Crippen MR) is 89.7 cm³/mol. The van der Waals surface area contributed by atoms with Crippen molar-refractivity contribution in [2.75, 3.05) is 27.0 Å². The number of hydrogen-bond donors (Lipinski definition) is 2. The summed E-state index contributed by atoms with van der Waals surface area (Å²) in [6.07, 6.45) is 1.24. The summed E-state index contributed by atoms with van der Waals surface area (Å²) in [6.45, 7) is 3.22. The van der Waals surface area contributed by atoms with E-state index < -0.39 is 9.84 Å². The highest BCUT2D eigenvalue weighted by Gasteiger charge is 2.06. The van der Waals surface area contributed by atoms with E-state index in [4.69, 9.17) is 4.74 Å². The second-order valence-electron chi connectivity index (χ2n) is 5.31. The smallest absolute Gasteiger partial charge is 0.191 e. The Bertz CT molecular complexity index is 583. The fraction of sp³-hybridized carbons (Fsp3) is 0.533. The van der Waals surface area contributed by atoms with Gasteiger partial charge in [-0.1, -0.05) is 24.3 Å². The van der Waals surface area contributed by atoms with Gasteiger partial charge in [0.1, 0.15) is 0 Å². The van der Waals surface area contributed by atoms with Gasteiger partial charge < -0.3 is 15.4 Å². The average molecular weight is 327 g/mol. The summed E-state index contributed by atoms with van der Waals surface area (Å²) < 4.78 is 27.6. The van der Waals surface area contributed by atoms with Gasteiger partial charge in [-0.25, -0.2) is 8.42 Å². The molecule has 0 saturated heterocycles. The zero-order valence-electron chi connectivity index (χ0n) is 13.6. The lowest BCUT2D eigenvalue weighted by Gasteiger charge is -2.17. The molecule has 1 atom stereocenters. The fourth-order valence-electron chi connectivity index (χ4n) is 1.96. The van der Waals surface area contributed by atoms with Gasteiger partial charge in [0.15, 0.2) is 15.8 Å². The van der Waals surface area contributed by atoms with Gasteiger partial charge in [0, 0.05) is 33.0 Å². The van der Waals surface area contributed by atoms with Gasteiger partial charge in [-0.3, -0.25) is 4.99 Å². The van der Waals surface area contributed by atoms with E-state index in [1.807, 2.05) is 31.2 Å². The lowest BCUT2D eigenvalue weighted by molar-refractivity contribution is 0.179. The van der Waals surface area contributed by atoms with Crippen LogP contribution < -0.4 is 10.6 Å². The third-order valence-corrected chi connectivity index (χ3v) is 3.79. The van der Waals surface area contributed by atoms with E-state index in [-0.39, 0.29) is 11.8 Å². The third kappa shape index (κ3) is 7.42. The molecule has 0 spiro atoms. The van der Waals surface area contributed by atoms with Crippen molar-refractivity contribution in [1.82, 2.24) is 10.6 Å². The molecule has 0 heterocycles. The molecule has 22 heavy (non-hydrogen) atoms. The number of hydrogen-bond acceptors (Lipinski definition) is 4. The first-order valence-corrected chi connectivity index (χ1v) is 9.11. The molecular weight excluding hydrogens is 302 g/mol. The van der Waals surface area contributed by atoms with Gasteiger partial charge in [0.05, 0.1) is 12.4 Å². The molecule has 124 valence electrons. The normalized spacial score (nSPS) is 13.7. The summed E-state index contributed by atoms with van der Waals surface area (Å²) in [6, 6.07) is 7.66. The van der Waals surface area contributed by atoms with Crippen LogP contribution in [0.15, 0.2) is 29.3 Å². The average Bonchev–Trinajstić information content (AvgIpc) is 2.43. The van der Waals surface area contributed by atoms with Gasteiger partial charge >= 0.3 is 0 Å². The second-order valence-corrected chi connectivity index (χ2v) is 7.45. The number of sulfone groups is 1. The van der Waals surface area contributed by atoms with Crippen molar-refractivity contribution >= 4 is 15.8 Å². The molecule has 1 unspecified atom stereocenters. The maximum atomic E-state index is 11.2. The van der Waals surface area contributed by atoms with Crippen molar-refractivity contribution in [2.45, 2.75) is 25.3 Å².